The van der Waals surface area contributed by atoms with Crippen LogP contribution in [0.4, 0.5) is 5.82 Å². The highest BCUT2D eigenvalue weighted by Gasteiger charge is 2.11. The number of anilines is 1. The van der Waals surface area contributed by atoms with Crippen LogP contribution < -0.4 is 5.32 Å². The fourth-order valence-electron chi connectivity index (χ4n) is 2.37. The van der Waals surface area contributed by atoms with Gasteiger partial charge in [0.05, 0.1) is 11.9 Å². The molecule has 0 fully saturated rings. The predicted molar refractivity (Wildman–Crippen MR) is 97.1 cm³/mol. The molecule has 6 nitrogen and oxygen atoms in total. The van der Waals surface area contributed by atoms with E-state index in [1.165, 1.54) is 6.08 Å². The van der Waals surface area contributed by atoms with E-state index < -0.39 is 0 Å². The molecular formula is C17H24ClN5O. The minimum absolute atomic E-state index is 0.218. The van der Waals surface area contributed by atoms with Crippen molar-refractivity contribution in [2.24, 2.45) is 0 Å². The van der Waals surface area contributed by atoms with Crippen molar-refractivity contribution in [3.8, 4) is 0 Å². The van der Waals surface area contributed by atoms with Crippen LogP contribution >= 0.6 is 11.6 Å². The van der Waals surface area contributed by atoms with Crippen LogP contribution in [0.25, 0.3) is 6.08 Å². The first-order chi connectivity index (χ1) is 11.6. The number of carbonyl (C=O) groups excluding carboxylic acids is 1. The van der Waals surface area contributed by atoms with E-state index in [0.29, 0.717) is 11.0 Å². The Morgan fingerprint density at radius 2 is 2.08 bits per heavy atom. The Morgan fingerprint density at radius 3 is 2.79 bits per heavy atom. The van der Waals surface area contributed by atoms with Crippen LogP contribution in [0.2, 0.25) is 5.15 Å². The van der Waals surface area contributed by atoms with Gasteiger partial charge in [-0.25, -0.2) is 4.68 Å². The van der Waals surface area contributed by atoms with E-state index in [2.05, 4.69) is 29.4 Å². The molecule has 0 atom stereocenters. The summed E-state index contributed by atoms with van der Waals surface area (Å²) in [4.78, 5) is 12.1. The normalized spacial score (nSPS) is 11.3. The van der Waals surface area contributed by atoms with Gasteiger partial charge in [0.15, 0.2) is 0 Å². The van der Waals surface area contributed by atoms with Crippen molar-refractivity contribution in [3.63, 3.8) is 0 Å². The molecule has 0 bridgehead atoms. The summed E-state index contributed by atoms with van der Waals surface area (Å²) in [5.41, 5.74) is 1.60. The summed E-state index contributed by atoms with van der Waals surface area (Å²) >= 11 is 6.36. The van der Waals surface area contributed by atoms with E-state index in [9.17, 15) is 4.79 Å². The molecule has 1 N–H and O–H groups in total. The number of nitrogens with one attached hydrogen (secondary N) is 1. The van der Waals surface area contributed by atoms with Crippen molar-refractivity contribution < 1.29 is 4.79 Å². The summed E-state index contributed by atoms with van der Waals surface area (Å²) in [6.45, 7) is 7.63. The zero-order valence-electron chi connectivity index (χ0n) is 14.4. The lowest BCUT2D eigenvalue weighted by molar-refractivity contribution is -0.111. The van der Waals surface area contributed by atoms with Crippen LogP contribution in [-0.4, -0.2) is 25.5 Å². The van der Waals surface area contributed by atoms with Crippen molar-refractivity contribution in [3.05, 3.63) is 34.7 Å². The summed E-state index contributed by atoms with van der Waals surface area (Å²) in [6, 6.07) is 1.78. The second kappa shape index (κ2) is 8.68. The Morgan fingerprint density at radius 1 is 1.29 bits per heavy atom. The van der Waals surface area contributed by atoms with Crippen LogP contribution in [-0.2, 0) is 17.9 Å². The summed E-state index contributed by atoms with van der Waals surface area (Å²) in [7, 11) is 0. The maximum atomic E-state index is 12.1. The largest absolute Gasteiger partial charge is 0.307 e. The van der Waals surface area contributed by atoms with Gasteiger partial charge in [0.1, 0.15) is 11.0 Å². The molecule has 0 saturated carbocycles. The Labute approximate surface area is 147 Å². The van der Waals surface area contributed by atoms with Crippen LogP contribution in [0.15, 0.2) is 18.3 Å². The molecule has 0 unspecified atom stereocenters. The fraction of sp³-hybridized carbons (Fsp3) is 0.471. The number of halogens is 1. The number of rotatable bonds is 8. The first-order valence-corrected chi connectivity index (χ1v) is 8.68. The van der Waals surface area contributed by atoms with Crippen molar-refractivity contribution in [2.75, 3.05) is 5.32 Å². The van der Waals surface area contributed by atoms with Gasteiger partial charge in [-0.2, -0.15) is 10.2 Å². The maximum absolute atomic E-state index is 12.1. The van der Waals surface area contributed by atoms with E-state index in [-0.39, 0.29) is 5.91 Å². The fourth-order valence-corrected chi connectivity index (χ4v) is 2.69. The van der Waals surface area contributed by atoms with Gasteiger partial charge in [0, 0.05) is 30.8 Å². The Balaban J connectivity index is 2.06. The second-order valence-electron chi connectivity index (χ2n) is 5.63. The van der Waals surface area contributed by atoms with Crippen molar-refractivity contribution >= 4 is 29.4 Å². The third-order valence-electron chi connectivity index (χ3n) is 3.64. The molecule has 2 aromatic heterocycles. The molecule has 0 aliphatic heterocycles. The molecular weight excluding hydrogens is 326 g/mol. The van der Waals surface area contributed by atoms with E-state index in [1.54, 1.807) is 27.7 Å². The van der Waals surface area contributed by atoms with Crippen molar-refractivity contribution in [2.45, 2.75) is 53.1 Å². The summed E-state index contributed by atoms with van der Waals surface area (Å²) in [5, 5.41) is 12.0. The topological polar surface area (TPSA) is 64.7 Å². The number of carbonyl (C=O) groups is 1. The van der Waals surface area contributed by atoms with Gasteiger partial charge in [-0.05, 0) is 25.8 Å². The predicted octanol–water partition coefficient (Wildman–Crippen LogP) is 3.90. The van der Waals surface area contributed by atoms with Gasteiger partial charge >= 0.3 is 0 Å². The number of aromatic nitrogens is 4. The first-order valence-electron chi connectivity index (χ1n) is 8.30. The average molecular weight is 350 g/mol. The summed E-state index contributed by atoms with van der Waals surface area (Å²) in [5.74, 6) is 0.470. The van der Waals surface area contributed by atoms with E-state index in [4.69, 9.17) is 11.6 Å². The second-order valence-corrected chi connectivity index (χ2v) is 5.99. The average Bonchev–Trinajstić information content (AvgIpc) is 3.09. The molecule has 2 rings (SSSR count). The highest BCUT2D eigenvalue weighted by Crippen LogP contribution is 2.21. The summed E-state index contributed by atoms with van der Waals surface area (Å²) in [6.07, 6.45) is 7.91. The lowest BCUT2D eigenvalue weighted by atomic mass is 10.2. The zero-order valence-corrected chi connectivity index (χ0v) is 15.2. The van der Waals surface area contributed by atoms with Crippen LogP contribution in [0.1, 0.15) is 44.4 Å². The number of amides is 1. The minimum atomic E-state index is -0.218. The van der Waals surface area contributed by atoms with E-state index >= 15 is 0 Å². The Kier molecular flexibility index (Phi) is 6.61. The quantitative estimate of drug-likeness (QED) is 0.735. The molecule has 24 heavy (non-hydrogen) atoms. The number of hydrogen-bond acceptors (Lipinski definition) is 3. The SMILES string of the molecule is CCCCn1nc(C)c(C=CC(=O)Nc2ccnn2CCC)c1Cl. The van der Waals surface area contributed by atoms with Gasteiger partial charge in [-0.15, -0.1) is 0 Å². The monoisotopic (exact) mass is 349 g/mol. The zero-order chi connectivity index (χ0) is 17.5. The van der Waals surface area contributed by atoms with Crippen molar-refractivity contribution in [1.82, 2.24) is 19.6 Å². The van der Waals surface area contributed by atoms with Gasteiger partial charge < -0.3 is 5.32 Å². The number of unbranched alkanes of at least 4 members (excludes halogenated alkanes) is 1. The first kappa shape index (κ1) is 18.3. The van der Waals surface area contributed by atoms with Crippen LogP contribution in [0.5, 0.6) is 0 Å². The summed E-state index contributed by atoms with van der Waals surface area (Å²) < 4.78 is 3.56. The third kappa shape index (κ3) is 4.47. The number of aryl methyl sites for hydroxylation is 3. The molecule has 2 heterocycles. The molecule has 1 amide bonds. The molecule has 2 aromatic rings. The molecule has 0 aliphatic rings. The molecule has 130 valence electrons. The van der Waals surface area contributed by atoms with Crippen LogP contribution in [0.3, 0.4) is 0 Å². The van der Waals surface area contributed by atoms with Gasteiger partial charge in [0.25, 0.3) is 0 Å². The van der Waals surface area contributed by atoms with Gasteiger partial charge in [-0.3, -0.25) is 9.48 Å². The maximum Gasteiger partial charge on any atom is 0.249 e. The molecule has 0 aliphatic carbocycles. The molecule has 0 aromatic carbocycles. The number of hydrogen-bond donors (Lipinski definition) is 1. The van der Waals surface area contributed by atoms with Gasteiger partial charge in [-0.1, -0.05) is 31.9 Å². The van der Waals surface area contributed by atoms with Crippen LogP contribution in [0, 0.1) is 6.92 Å². The minimum Gasteiger partial charge on any atom is -0.307 e. The molecule has 7 heteroatoms. The van der Waals surface area contributed by atoms with Crippen molar-refractivity contribution in [1.29, 1.82) is 0 Å². The smallest absolute Gasteiger partial charge is 0.249 e. The number of nitrogens with zero attached hydrogens (tertiary/aromatic N) is 4. The molecule has 0 spiro atoms. The van der Waals surface area contributed by atoms with E-state index in [0.717, 1.165) is 43.6 Å². The molecule has 0 saturated heterocycles. The standard InChI is InChI=1S/C17H24ClN5O/c1-4-6-12-23-17(18)14(13(3)21-23)7-8-16(24)20-15-9-10-19-22(15)11-5-2/h7-10H,4-6,11-12H2,1-3H3,(H,20,24). The highest BCUT2D eigenvalue weighted by molar-refractivity contribution is 6.31. The Bertz CT molecular complexity index is 717. The lowest BCUT2D eigenvalue weighted by Gasteiger charge is -2.05. The highest BCUT2D eigenvalue weighted by atomic mass is 35.5. The molecule has 0 radical (unpaired) electrons. The Hall–Kier alpha value is -2.08. The van der Waals surface area contributed by atoms with Gasteiger partial charge in [0.2, 0.25) is 5.91 Å². The third-order valence-corrected chi connectivity index (χ3v) is 4.04. The lowest BCUT2D eigenvalue weighted by Crippen LogP contribution is -2.13. The van der Waals surface area contributed by atoms with E-state index in [1.807, 2.05) is 6.92 Å².